The first-order chi connectivity index (χ1) is 10.3. The van der Waals surface area contributed by atoms with E-state index in [1.807, 2.05) is 0 Å². The summed E-state index contributed by atoms with van der Waals surface area (Å²) in [7, 11) is 0. The molecule has 0 aliphatic heterocycles. The lowest BCUT2D eigenvalue weighted by molar-refractivity contribution is -0.131. The van der Waals surface area contributed by atoms with Gasteiger partial charge in [-0.15, -0.1) is 0 Å². The lowest BCUT2D eigenvalue weighted by atomic mass is 9.45. The molecule has 0 heterocycles. The topological polar surface area (TPSA) is 17.1 Å². The van der Waals surface area contributed by atoms with Crippen molar-refractivity contribution >= 4 is 5.78 Å². The molecule has 0 amide bonds. The summed E-state index contributed by atoms with van der Waals surface area (Å²) in [6, 6.07) is 0. The molecule has 4 aliphatic carbocycles. The van der Waals surface area contributed by atoms with Crippen molar-refractivity contribution in [1.29, 1.82) is 0 Å². The van der Waals surface area contributed by atoms with Crippen LogP contribution in [-0.4, -0.2) is 5.78 Å². The van der Waals surface area contributed by atoms with Crippen LogP contribution in [0.2, 0.25) is 0 Å². The highest BCUT2D eigenvalue weighted by Crippen LogP contribution is 2.66. The Morgan fingerprint density at radius 3 is 2.55 bits per heavy atom. The average Bonchev–Trinajstić information content (AvgIpc) is 2.85. The van der Waals surface area contributed by atoms with Crippen molar-refractivity contribution in [1.82, 2.24) is 0 Å². The van der Waals surface area contributed by atoms with Crippen LogP contribution in [0.3, 0.4) is 0 Å². The van der Waals surface area contributed by atoms with E-state index >= 15 is 0 Å². The molecule has 0 bridgehead atoms. The minimum atomic E-state index is -0.214. The van der Waals surface area contributed by atoms with E-state index in [0.717, 1.165) is 30.6 Å². The number of allylic oxidation sites excluding steroid dienone is 2. The summed E-state index contributed by atoms with van der Waals surface area (Å²) in [4.78, 5) is 12.5. The van der Waals surface area contributed by atoms with Crippen LogP contribution in [-0.2, 0) is 4.79 Å². The molecule has 5 atom stereocenters. The van der Waals surface area contributed by atoms with Crippen LogP contribution < -0.4 is 0 Å². The SMILES string of the molecule is CC1(C)C(=O)CC[C@@]2(C)C1=CC[C@@H]1[C@H]3CCC[C@]3(C)CC[C@H]12. The van der Waals surface area contributed by atoms with Crippen LogP contribution in [0.25, 0.3) is 0 Å². The lowest BCUT2D eigenvalue weighted by Gasteiger charge is -2.59. The number of carbonyl (C=O) groups excluding carboxylic acids is 1. The zero-order valence-corrected chi connectivity index (χ0v) is 14.9. The van der Waals surface area contributed by atoms with E-state index < -0.39 is 0 Å². The molecule has 4 rings (SSSR count). The molecule has 1 nitrogen and oxygen atoms in total. The van der Waals surface area contributed by atoms with Crippen LogP contribution in [0.1, 0.15) is 79.1 Å². The molecule has 122 valence electrons. The van der Waals surface area contributed by atoms with Gasteiger partial charge >= 0.3 is 0 Å². The molecule has 0 saturated heterocycles. The molecule has 22 heavy (non-hydrogen) atoms. The molecule has 3 fully saturated rings. The number of hydrogen-bond donors (Lipinski definition) is 0. The highest BCUT2D eigenvalue weighted by Gasteiger charge is 2.58. The Morgan fingerprint density at radius 1 is 1.00 bits per heavy atom. The van der Waals surface area contributed by atoms with E-state index in [0.29, 0.717) is 16.6 Å². The monoisotopic (exact) mass is 300 g/mol. The predicted molar refractivity (Wildman–Crippen MR) is 90.5 cm³/mol. The highest BCUT2D eigenvalue weighted by molar-refractivity contribution is 5.89. The molecule has 3 saturated carbocycles. The fraction of sp³-hybridized carbons (Fsp3) is 0.857. The maximum atomic E-state index is 12.5. The molecule has 1 heteroatoms. The molecular weight excluding hydrogens is 268 g/mol. The first-order valence-electron chi connectivity index (χ1n) is 9.53. The van der Waals surface area contributed by atoms with Crippen LogP contribution in [0.15, 0.2) is 11.6 Å². The first-order valence-corrected chi connectivity index (χ1v) is 9.53. The summed E-state index contributed by atoms with van der Waals surface area (Å²) >= 11 is 0. The Labute approximate surface area is 135 Å². The van der Waals surface area contributed by atoms with Crippen molar-refractivity contribution in [3.8, 4) is 0 Å². The average molecular weight is 300 g/mol. The van der Waals surface area contributed by atoms with E-state index in [9.17, 15) is 4.79 Å². The second-order valence-corrected chi connectivity index (χ2v) is 9.78. The summed E-state index contributed by atoms with van der Waals surface area (Å²) in [6.07, 6.45) is 12.8. The minimum Gasteiger partial charge on any atom is -0.299 e. The van der Waals surface area contributed by atoms with Crippen molar-refractivity contribution in [2.45, 2.75) is 79.1 Å². The summed E-state index contributed by atoms with van der Waals surface area (Å²) in [6.45, 7) is 9.43. The standard InChI is InChI=1S/C21H32O/c1-19(2)17-8-7-14-15-6-5-11-20(15,3)12-9-16(14)21(17,4)13-10-18(19)22/h8,14-16H,5-7,9-13H2,1-4H3/t14-,15-,16-,20-,21-/m1/s1. The number of fused-ring (bicyclic) bond motifs is 5. The smallest absolute Gasteiger partial charge is 0.142 e. The van der Waals surface area contributed by atoms with Gasteiger partial charge in [-0.25, -0.2) is 0 Å². The van der Waals surface area contributed by atoms with Crippen molar-refractivity contribution in [2.24, 2.45) is 34.0 Å². The summed E-state index contributed by atoms with van der Waals surface area (Å²) in [5, 5.41) is 0. The van der Waals surface area contributed by atoms with Crippen molar-refractivity contribution < 1.29 is 4.79 Å². The summed E-state index contributed by atoms with van der Waals surface area (Å²) < 4.78 is 0. The van der Waals surface area contributed by atoms with E-state index in [1.165, 1.54) is 44.1 Å². The molecule has 0 spiro atoms. The molecule has 0 aromatic rings. The molecule has 0 unspecified atom stereocenters. The van der Waals surface area contributed by atoms with E-state index in [1.54, 1.807) is 0 Å². The first kappa shape index (κ1) is 15.0. The van der Waals surface area contributed by atoms with Crippen LogP contribution in [0.5, 0.6) is 0 Å². The summed E-state index contributed by atoms with van der Waals surface area (Å²) in [5.74, 6) is 3.13. The van der Waals surface area contributed by atoms with Gasteiger partial charge in [0, 0.05) is 11.8 Å². The fourth-order valence-electron chi connectivity index (χ4n) is 7.21. The van der Waals surface area contributed by atoms with Gasteiger partial charge in [0.2, 0.25) is 0 Å². The number of ketones is 1. The largest absolute Gasteiger partial charge is 0.299 e. The lowest BCUT2D eigenvalue weighted by Crippen LogP contribution is -2.52. The zero-order chi connectivity index (χ0) is 15.8. The van der Waals surface area contributed by atoms with Crippen LogP contribution in [0, 0.1) is 34.0 Å². The third kappa shape index (κ3) is 1.74. The van der Waals surface area contributed by atoms with Gasteiger partial charge in [0.15, 0.2) is 0 Å². The number of carbonyl (C=O) groups is 1. The fourth-order valence-corrected chi connectivity index (χ4v) is 7.21. The summed E-state index contributed by atoms with van der Waals surface area (Å²) in [5.41, 5.74) is 2.21. The van der Waals surface area contributed by atoms with Gasteiger partial charge in [-0.2, -0.15) is 0 Å². The van der Waals surface area contributed by atoms with E-state index in [2.05, 4.69) is 33.8 Å². The molecule has 0 N–H and O–H groups in total. The Kier molecular flexibility index (Phi) is 3.05. The van der Waals surface area contributed by atoms with E-state index in [-0.39, 0.29) is 5.41 Å². The maximum Gasteiger partial charge on any atom is 0.142 e. The van der Waals surface area contributed by atoms with E-state index in [4.69, 9.17) is 0 Å². The van der Waals surface area contributed by atoms with Crippen molar-refractivity contribution in [3.63, 3.8) is 0 Å². The van der Waals surface area contributed by atoms with Crippen LogP contribution >= 0.6 is 0 Å². The Bertz CT molecular complexity index is 542. The van der Waals surface area contributed by atoms with Gasteiger partial charge in [-0.1, -0.05) is 31.9 Å². The van der Waals surface area contributed by atoms with Gasteiger partial charge in [0.05, 0.1) is 0 Å². The third-order valence-corrected chi connectivity index (χ3v) is 8.49. The van der Waals surface area contributed by atoms with Crippen LogP contribution in [0.4, 0.5) is 0 Å². The second kappa shape index (κ2) is 4.48. The Hall–Kier alpha value is -0.590. The van der Waals surface area contributed by atoms with Gasteiger partial charge in [0.1, 0.15) is 5.78 Å². The van der Waals surface area contributed by atoms with Gasteiger partial charge < -0.3 is 0 Å². The molecule has 0 aromatic heterocycles. The number of hydrogen-bond acceptors (Lipinski definition) is 1. The molecular formula is C21H32O. The predicted octanol–water partition coefficient (Wildman–Crippen LogP) is 5.54. The van der Waals surface area contributed by atoms with Gasteiger partial charge in [-0.3, -0.25) is 4.79 Å². The molecule has 0 radical (unpaired) electrons. The Morgan fingerprint density at radius 2 is 1.77 bits per heavy atom. The van der Waals surface area contributed by atoms with Crippen molar-refractivity contribution in [2.75, 3.05) is 0 Å². The Balaban J connectivity index is 1.75. The maximum absolute atomic E-state index is 12.5. The molecule has 4 aliphatic rings. The minimum absolute atomic E-state index is 0.214. The quantitative estimate of drug-likeness (QED) is 0.536. The molecule has 0 aromatic carbocycles. The van der Waals surface area contributed by atoms with Gasteiger partial charge in [-0.05, 0) is 81.0 Å². The van der Waals surface area contributed by atoms with Gasteiger partial charge in [0.25, 0.3) is 0 Å². The zero-order valence-electron chi connectivity index (χ0n) is 14.9. The normalized spacial score (nSPS) is 49.9. The number of Topliss-reactive ketones (excluding diaryl/α,β-unsaturated/α-hetero) is 1. The highest BCUT2D eigenvalue weighted by atomic mass is 16.1. The number of rotatable bonds is 0. The third-order valence-electron chi connectivity index (χ3n) is 8.49. The second-order valence-electron chi connectivity index (χ2n) is 9.78. The van der Waals surface area contributed by atoms with Crippen molar-refractivity contribution in [3.05, 3.63) is 11.6 Å².